The number of thioether (sulfide) groups is 1. The largest absolute Gasteiger partial charge is 0.356 e. The Morgan fingerprint density at radius 1 is 1.19 bits per heavy atom. The third-order valence-electron chi connectivity index (χ3n) is 5.64. The molecule has 1 saturated heterocycles. The second kappa shape index (κ2) is 9.10. The van der Waals surface area contributed by atoms with E-state index in [9.17, 15) is 5.26 Å². The van der Waals surface area contributed by atoms with Gasteiger partial charge in [0.2, 0.25) is 0 Å². The number of aromatic nitrogens is 1. The number of nitrogens with zero attached hydrogens (tertiary/aromatic N) is 4. The molecule has 2 heterocycles. The van der Waals surface area contributed by atoms with Gasteiger partial charge in [-0.2, -0.15) is 5.26 Å². The van der Waals surface area contributed by atoms with Crippen LogP contribution in [0.15, 0.2) is 5.03 Å². The topological polar surface area (TPSA) is 43.2 Å². The van der Waals surface area contributed by atoms with Crippen molar-refractivity contribution in [3.05, 3.63) is 16.7 Å². The lowest BCUT2D eigenvalue weighted by Gasteiger charge is -2.34. The summed E-state index contributed by atoms with van der Waals surface area (Å²) >= 11 is 1.78. The van der Waals surface area contributed by atoms with Gasteiger partial charge in [-0.25, -0.2) is 4.98 Å². The van der Waals surface area contributed by atoms with Gasteiger partial charge in [0, 0.05) is 18.8 Å². The lowest BCUT2D eigenvalue weighted by atomic mass is 9.88. The van der Waals surface area contributed by atoms with Crippen LogP contribution < -0.4 is 4.90 Å². The highest BCUT2D eigenvalue weighted by Crippen LogP contribution is 2.37. The molecule has 26 heavy (non-hydrogen) atoms. The highest BCUT2D eigenvalue weighted by atomic mass is 32.2. The monoisotopic (exact) mass is 372 g/mol. The van der Waals surface area contributed by atoms with Crippen molar-refractivity contribution in [2.45, 2.75) is 56.9 Å². The number of nitriles is 1. The van der Waals surface area contributed by atoms with Crippen LogP contribution >= 0.6 is 11.8 Å². The number of hydrogen-bond donors (Lipinski definition) is 0. The third kappa shape index (κ3) is 4.53. The number of pyridine rings is 1. The molecule has 0 N–H and O–H groups in total. The molecule has 0 amide bonds. The van der Waals surface area contributed by atoms with E-state index in [2.05, 4.69) is 36.9 Å². The van der Waals surface area contributed by atoms with Gasteiger partial charge in [0.1, 0.15) is 16.9 Å². The molecule has 0 unspecified atom stereocenters. The summed E-state index contributed by atoms with van der Waals surface area (Å²) in [5, 5.41) is 10.8. The van der Waals surface area contributed by atoms with Crippen LogP contribution in [0.4, 0.5) is 5.82 Å². The van der Waals surface area contributed by atoms with Gasteiger partial charge < -0.3 is 9.80 Å². The maximum absolute atomic E-state index is 9.83. The van der Waals surface area contributed by atoms with Gasteiger partial charge in [0.05, 0.1) is 5.56 Å². The average molecular weight is 373 g/mol. The predicted molar refractivity (Wildman–Crippen MR) is 110 cm³/mol. The molecule has 142 valence electrons. The molecule has 2 aliphatic rings. The van der Waals surface area contributed by atoms with Gasteiger partial charge in [-0.3, -0.25) is 0 Å². The van der Waals surface area contributed by atoms with Gasteiger partial charge in [-0.15, -0.1) is 11.8 Å². The molecule has 0 spiro atoms. The van der Waals surface area contributed by atoms with E-state index in [1.807, 2.05) is 0 Å². The quantitative estimate of drug-likeness (QED) is 0.555. The summed E-state index contributed by atoms with van der Waals surface area (Å²) in [5.41, 5.74) is 3.54. The van der Waals surface area contributed by atoms with Crippen molar-refractivity contribution in [3.63, 3.8) is 0 Å². The van der Waals surface area contributed by atoms with Crippen LogP contribution in [0.5, 0.6) is 0 Å². The number of fused-ring (bicyclic) bond motifs is 1. The van der Waals surface area contributed by atoms with E-state index in [-0.39, 0.29) is 0 Å². The summed E-state index contributed by atoms with van der Waals surface area (Å²) < 4.78 is 0. The first kappa shape index (κ1) is 19.5. The summed E-state index contributed by atoms with van der Waals surface area (Å²) in [5.74, 6) is 3.04. The molecule has 1 fully saturated rings. The molecule has 0 radical (unpaired) electrons. The number of hydrogen-bond acceptors (Lipinski definition) is 5. The van der Waals surface area contributed by atoms with Gasteiger partial charge in [-0.05, 0) is 82.6 Å². The summed E-state index contributed by atoms with van der Waals surface area (Å²) in [6.07, 6.45) is 8.19. The highest BCUT2D eigenvalue weighted by Gasteiger charge is 2.26. The lowest BCUT2D eigenvalue weighted by molar-refractivity contribution is 0.410. The highest BCUT2D eigenvalue weighted by molar-refractivity contribution is 7.99. The van der Waals surface area contributed by atoms with Crippen LogP contribution in [0.3, 0.4) is 0 Å². The molecule has 0 aromatic carbocycles. The molecule has 1 aliphatic heterocycles. The molecule has 1 aromatic heterocycles. The Kier molecular flexibility index (Phi) is 6.83. The van der Waals surface area contributed by atoms with Crippen molar-refractivity contribution in [1.29, 1.82) is 5.26 Å². The van der Waals surface area contributed by atoms with Gasteiger partial charge >= 0.3 is 0 Å². The maximum Gasteiger partial charge on any atom is 0.133 e. The van der Waals surface area contributed by atoms with Crippen molar-refractivity contribution < 1.29 is 0 Å². The molecular weight excluding hydrogens is 340 g/mol. The summed E-state index contributed by atoms with van der Waals surface area (Å²) in [4.78, 5) is 9.78. The second-order valence-electron chi connectivity index (χ2n) is 8.07. The van der Waals surface area contributed by atoms with Gasteiger partial charge in [0.25, 0.3) is 0 Å². The Labute approximate surface area is 163 Å². The van der Waals surface area contributed by atoms with Crippen LogP contribution in [0.1, 0.15) is 55.7 Å². The molecule has 0 bridgehead atoms. The second-order valence-corrected chi connectivity index (χ2v) is 9.15. The van der Waals surface area contributed by atoms with E-state index < -0.39 is 0 Å². The van der Waals surface area contributed by atoms with Crippen LogP contribution in [-0.2, 0) is 12.8 Å². The van der Waals surface area contributed by atoms with Crippen LogP contribution in [0, 0.1) is 17.2 Å². The zero-order valence-corrected chi connectivity index (χ0v) is 17.4. The van der Waals surface area contributed by atoms with E-state index in [1.165, 1.54) is 42.6 Å². The summed E-state index contributed by atoms with van der Waals surface area (Å²) in [7, 11) is 4.22. The van der Waals surface area contributed by atoms with Crippen molar-refractivity contribution in [3.8, 4) is 6.07 Å². The molecule has 1 aliphatic carbocycles. The van der Waals surface area contributed by atoms with Crippen LogP contribution in [0.25, 0.3) is 0 Å². The van der Waals surface area contributed by atoms with E-state index in [1.54, 1.807) is 11.8 Å². The normalized spacial score (nSPS) is 18.0. The molecule has 0 saturated carbocycles. The third-order valence-corrected chi connectivity index (χ3v) is 6.71. The predicted octanol–water partition coefficient (Wildman–Crippen LogP) is 4.11. The fourth-order valence-corrected chi connectivity index (χ4v) is 4.96. The molecule has 0 atom stereocenters. The van der Waals surface area contributed by atoms with Crippen LogP contribution in [-0.4, -0.2) is 49.4 Å². The fraction of sp³-hybridized carbons (Fsp3) is 0.714. The first-order valence-corrected chi connectivity index (χ1v) is 11.1. The Balaban J connectivity index is 1.88. The molecule has 1 aromatic rings. The molecular formula is C21H32N4S. The minimum absolute atomic E-state index is 0.820. The van der Waals surface area contributed by atoms with E-state index in [4.69, 9.17) is 4.98 Å². The van der Waals surface area contributed by atoms with Crippen LogP contribution in [0.2, 0.25) is 0 Å². The Bertz CT molecular complexity index is 657. The van der Waals surface area contributed by atoms with Crippen molar-refractivity contribution >= 4 is 17.6 Å². The zero-order valence-electron chi connectivity index (χ0n) is 16.6. The number of piperidine rings is 1. The molecule has 4 nitrogen and oxygen atoms in total. The summed E-state index contributed by atoms with van der Waals surface area (Å²) in [6, 6.07) is 2.50. The van der Waals surface area contributed by atoms with Crippen molar-refractivity contribution in [1.82, 2.24) is 9.88 Å². The maximum atomic E-state index is 9.83. The number of anilines is 1. The minimum atomic E-state index is 0.820. The molecule has 5 heteroatoms. The van der Waals surface area contributed by atoms with Crippen molar-refractivity contribution in [2.24, 2.45) is 5.92 Å². The Hall–Kier alpha value is -1.25. The van der Waals surface area contributed by atoms with Gasteiger partial charge in [-0.1, -0.05) is 6.92 Å². The average Bonchev–Trinajstić information content (AvgIpc) is 2.65. The zero-order chi connectivity index (χ0) is 18.5. The van der Waals surface area contributed by atoms with Crippen molar-refractivity contribution in [2.75, 3.05) is 44.4 Å². The summed E-state index contributed by atoms with van der Waals surface area (Å²) in [6.45, 7) is 5.65. The lowest BCUT2D eigenvalue weighted by Crippen LogP contribution is -2.35. The first-order valence-electron chi connectivity index (χ1n) is 10.1. The van der Waals surface area contributed by atoms with E-state index in [0.29, 0.717) is 0 Å². The fourth-order valence-electron chi connectivity index (χ4n) is 4.03. The Morgan fingerprint density at radius 3 is 2.54 bits per heavy atom. The Morgan fingerprint density at radius 2 is 1.88 bits per heavy atom. The number of rotatable bonds is 6. The first-order chi connectivity index (χ1) is 12.6. The SMILES string of the molecule is CC1CCN(c2nc(SCCCN(C)C)c(C#N)c3c2CCCC3)CC1. The van der Waals surface area contributed by atoms with E-state index in [0.717, 1.165) is 61.2 Å². The standard InChI is InChI=1S/C21H32N4S/c1-16-9-12-25(13-10-16)20-18-8-5-4-7-17(18)19(15-22)21(23-20)26-14-6-11-24(2)3/h16H,4-14H2,1-3H3. The minimum Gasteiger partial charge on any atom is -0.356 e. The molecule has 3 rings (SSSR count). The van der Waals surface area contributed by atoms with Gasteiger partial charge in [0.15, 0.2) is 0 Å². The van der Waals surface area contributed by atoms with E-state index >= 15 is 0 Å². The smallest absolute Gasteiger partial charge is 0.133 e.